The second-order valence-corrected chi connectivity index (χ2v) is 8.92. The number of aromatic nitrogens is 2. The Kier molecular flexibility index (Phi) is 5.54. The number of amides is 1. The molecule has 3 heterocycles. The first-order valence-corrected chi connectivity index (χ1v) is 11.8. The molecule has 1 fully saturated rings. The van der Waals surface area contributed by atoms with Crippen LogP contribution in [0.15, 0.2) is 76.3 Å². The molecule has 1 aromatic heterocycles. The molecule has 36 heavy (non-hydrogen) atoms. The number of fused-ring (bicyclic) bond motifs is 2. The number of nitrogens with zero attached hydrogens (tertiary/aromatic N) is 3. The van der Waals surface area contributed by atoms with Crippen molar-refractivity contribution >= 4 is 16.8 Å². The van der Waals surface area contributed by atoms with Gasteiger partial charge < -0.3 is 19.4 Å². The minimum Gasteiger partial charge on any atom is -0.454 e. The highest BCUT2D eigenvalue weighted by Gasteiger charge is 2.23. The van der Waals surface area contributed by atoms with E-state index >= 15 is 0 Å². The normalized spacial score (nSPS) is 15.4. The van der Waals surface area contributed by atoms with Crippen LogP contribution in [0, 0.1) is 0 Å². The molecule has 0 saturated carbocycles. The number of piperazine rings is 1. The Balaban J connectivity index is 1.16. The van der Waals surface area contributed by atoms with Gasteiger partial charge in [-0.2, -0.15) is 0 Å². The van der Waals surface area contributed by atoms with E-state index in [0.717, 1.165) is 41.3 Å². The largest absolute Gasteiger partial charge is 0.454 e. The molecule has 0 radical (unpaired) electrons. The van der Waals surface area contributed by atoms with E-state index in [1.54, 1.807) is 47.4 Å². The van der Waals surface area contributed by atoms with E-state index in [0.29, 0.717) is 35.2 Å². The van der Waals surface area contributed by atoms with Crippen LogP contribution in [-0.2, 0) is 6.54 Å². The first-order valence-electron chi connectivity index (χ1n) is 11.8. The van der Waals surface area contributed by atoms with Gasteiger partial charge in [-0.05, 0) is 48.0 Å². The number of hydrogen-bond donors (Lipinski definition) is 1. The SMILES string of the molecule is O=C(c1ccc2c(=O)n(-c3ccccc3)c(=O)[nH]c2c1)N1CCN(Cc2ccc3c(c2)OCO3)CC1. The smallest absolute Gasteiger partial charge is 0.333 e. The number of aromatic amines is 1. The summed E-state index contributed by atoms with van der Waals surface area (Å²) in [6.07, 6.45) is 0. The molecule has 1 N–H and O–H groups in total. The van der Waals surface area contributed by atoms with Crippen molar-refractivity contribution in [3.63, 3.8) is 0 Å². The van der Waals surface area contributed by atoms with Gasteiger partial charge in [0.2, 0.25) is 6.79 Å². The molecular weight excluding hydrogens is 460 g/mol. The van der Waals surface area contributed by atoms with Gasteiger partial charge in [-0.1, -0.05) is 24.3 Å². The minimum absolute atomic E-state index is 0.118. The Morgan fingerprint density at radius 2 is 1.64 bits per heavy atom. The van der Waals surface area contributed by atoms with Crippen LogP contribution in [0.25, 0.3) is 16.6 Å². The van der Waals surface area contributed by atoms with E-state index in [2.05, 4.69) is 9.88 Å². The highest BCUT2D eigenvalue weighted by Crippen LogP contribution is 2.32. The Morgan fingerprint density at radius 1 is 0.861 bits per heavy atom. The van der Waals surface area contributed by atoms with Crippen LogP contribution in [0.3, 0.4) is 0 Å². The number of nitrogens with one attached hydrogen (secondary N) is 1. The maximum atomic E-state index is 13.2. The lowest BCUT2D eigenvalue weighted by atomic mass is 10.1. The molecule has 0 atom stereocenters. The van der Waals surface area contributed by atoms with E-state index in [1.165, 1.54) is 0 Å². The zero-order valence-electron chi connectivity index (χ0n) is 19.5. The molecule has 0 unspecified atom stereocenters. The standard InChI is InChI=1S/C27H24N4O5/c32-25(30-12-10-29(11-13-30)16-18-6-9-23-24(14-18)36-17-35-23)19-7-8-21-22(15-19)28-27(34)31(26(21)33)20-4-2-1-3-5-20/h1-9,14-15H,10-13,16-17H2,(H,28,34). The molecule has 2 aliphatic heterocycles. The van der Waals surface area contributed by atoms with Crippen LogP contribution < -0.4 is 20.7 Å². The first kappa shape index (κ1) is 22.1. The Hall–Kier alpha value is -4.37. The summed E-state index contributed by atoms with van der Waals surface area (Å²) >= 11 is 0. The lowest BCUT2D eigenvalue weighted by Crippen LogP contribution is -2.48. The van der Waals surface area contributed by atoms with Gasteiger partial charge >= 0.3 is 5.69 Å². The van der Waals surface area contributed by atoms with Gasteiger partial charge in [0.25, 0.3) is 11.5 Å². The van der Waals surface area contributed by atoms with Crippen molar-refractivity contribution in [1.82, 2.24) is 19.4 Å². The van der Waals surface area contributed by atoms with Crippen LogP contribution in [0.2, 0.25) is 0 Å². The van der Waals surface area contributed by atoms with Gasteiger partial charge in [-0.25, -0.2) is 9.36 Å². The number of ether oxygens (including phenoxy) is 2. The molecular formula is C27H24N4O5. The Morgan fingerprint density at radius 3 is 2.44 bits per heavy atom. The lowest BCUT2D eigenvalue weighted by Gasteiger charge is -2.34. The van der Waals surface area contributed by atoms with Crippen molar-refractivity contribution in [2.45, 2.75) is 6.54 Å². The average Bonchev–Trinajstić information content (AvgIpc) is 3.37. The molecule has 2 aliphatic rings. The predicted molar refractivity (Wildman–Crippen MR) is 134 cm³/mol. The number of para-hydroxylation sites is 1. The number of carbonyl (C=O) groups is 1. The molecule has 0 bridgehead atoms. The van der Waals surface area contributed by atoms with Crippen LogP contribution in [0.5, 0.6) is 11.5 Å². The first-order chi connectivity index (χ1) is 17.6. The number of H-pyrrole nitrogens is 1. The van der Waals surface area contributed by atoms with Gasteiger partial charge in [-0.15, -0.1) is 0 Å². The number of hydrogen-bond acceptors (Lipinski definition) is 6. The molecule has 0 spiro atoms. The maximum Gasteiger partial charge on any atom is 0.333 e. The molecule has 6 rings (SSSR count). The summed E-state index contributed by atoms with van der Waals surface area (Å²) < 4.78 is 11.9. The van der Waals surface area contributed by atoms with E-state index < -0.39 is 11.2 Å². The zero-order chi connectivity index (χ0) is 24.6. The van der Waals surface area contributed by atoms with Crippen molar-refractivity contribution in [3.8, 4) is 17.2 Å². The number of benzene rings is 3. The highest BCUT2D eigenvalue weighted by atomic mass is 16.7. The predicted octanol–water partition coefficient (Wildman–Crippen LogP) is 2.37. The van der Waals surface area contributed by atoms with E-state index in [9.17, 15) is 14.4 Å². The van der Waals surface area contributed by atoms with Crippen molar-refractivity contribution in [2.75, 3.05) is 33.0 Å². The third-order valence-electron chi connectivity index (χ3n) is 6.66. The van der Waals surface area contributed by atoms with Crippen molar-refractivity contribution in [1.29, 1.82) is 0 Å². The zero-order valence-corrected chi connectivity index (χ0v) is 19.5. The summed E-state index contributed by atoms with van der Waals surface area (Å²) in [7, 11) is 0. The molecule has 4 aromatic rings. The maximum absolute atomic E-state index is 13.2. The molecule has 0 aliphatic carbocycles. The molecule has 3 aromatic carbocycles. The van der Waals surface area contributed by atoms with Gasteiger partial charge in [0.15, 0.2) is 11.5 Å². The fourth-order valence-electron chi connectivity index (χ4n) is 4.75. The Labute approximate surface area is 206 Å². The number of carbonyl (C=O) groups excluding carboxylic acids is 1. The molecule has 1 amide bonds. The molecule has 1 saturated heterocycles. The van der Waals surface area contributed by atoms with Crippen molar-refractivity contribution < 1.29 is 14.3 Å². The third kappa shape index (κ3) is 4.03. The molecule has 182 valence electrons. The van der Waals surface area contributed by atoms with Crippen LogP contribution in [0.1, 0.15) is 15.9 Å². The van der Waals surface area contributed by atoms with Crippen LogP contribution >= 0.6 is 0 Å². The average molecular weight is 485 g/mol. The van der Waals surface area contributed by atoms with E-state index in [4.69, 9.17) is 9.47 Å². The number of rotatable bonds is 4. The summed E-state index contributed by atoms with van der Waals surface area (Å²) in [6.45, 7) is 3.69. The highest BCUT2D eigenvalue weighted by molar-refractivity contribution is 5.97. The quantitative estimate of drug-likeness (QED) is 0.478. The van der Waals surface area contributed by atoms with Gasteiger partial charge in [0.05, 0.1) is 16.6 Å². The fourth-order valence-corrected chi connectivity index (χ4v) is 4.75. The molecule has 9 nitrogen and oxygen atoms in total. The van der Waals surface area contributed by atoms with Crippen LogP contribution in [0.4, 0.5) is 0 Å². The van der Waals surface area contributed by atoms with Gasteiger partial charge in [0, 0.05) is 38.3 Å². The van der Waals surface area contributed by atoms with E-state index in [1.807, 2.05) is 24.3 Å². The van der Waals surface area contributed by atoms with Gasteiger partial charge in [0.1, 0.15) is 0 Å². The second-order valence-electron chi connectivity index (χ2n) is 8.92. The summed E-state index contributed by atoms with van der Waals surface area (Å²) in [6, 6.07) is 19.6. The second kappa shape index (κ2) is 9.01. The third-order valence-corrected chi connectivity index (χ3v) is 6.66. The summed E-state index contributed by atoms with van der Waals surface area (Å²) in [4.78, 5) is 45.7. The summed E-state index contributed by atoms with van der Waals surface area (Å²) in [5.41, 5.74) is 1.46. The van der Waals surface area contributed by atoms with Crippen molar-refractivity contribution in [2.24, 2.45) is 0 Å². The summed E-state index contributed by atoms with van der Waals surface area (Å²) in [5, 5.41) is 0.351. The minimum atomic E-state index is -0.541. The fraction of sp³-hybridized carbons (Fsp3) is 0.222. The van der Waals surface area contributed by atoms with Gasteiger partial charge in [-0.3, -0.25) is 14.5 Å². The van der Waals surface area contributed by atoms with Crippen molar-refractivity contribution in [3.05, 3.63) is 98.7 Å². The monoisotopic (exact) mass is 484 g/mol. The molecule has 9 heteroatoms. The van der Waals surface area contributed by atoms with E-state index in [-0.39, 0.29) is 12.7 Å². The Bertz CT molecular complexity index is 1570. The lowest BCUT2D eigenvalue weighted by molar-refractivity contribution is 0.0628. The summed E-state index contributed by atoms with van der Waals surface area (Å²) in [5.74, 6) is 1.42. The van der Waals surface area contributed by atoms with Crippen LogP contribution in [-0.4, -0.2) is 58.2 Å². The topological polar surface area (TPSA) is 96.9 Å².